The van der Waals surface area contributed by atoms with Gasteiger partial charge in [-0.3, -0.25) is 0 Å². The quantitative estimate of drug-likeness (QED) is 0.771. The fraction of sp³-hybridized carbons (Fsp3) is 0.571. The topological polar surface area (TPSA) is 21.3 Å². The average molecular weight is 379 g/mol. The summed E-state index contributed by atoms with van der Waals surface area (Å²) < 4.78 is 7.56. The maximum Gasteiger partial charge on any atom is 0.147 e. The fourth-order valence-electron chi connectivity index (χ4n) is 1.51. The third-order valence-corrected chi connectivity index (χ3v) is 4.15. The molecule has 18 heavy (non-hydrogen) atoms. The molecule has 0 saturated heterocycles. The van der Waals surface area contributed by atoms with Gasteiger partial charge < -0.3 is 10.1 Å². The number of halogens is 2. The number of rotatable bonds is 6. The normalized spacial score (nSPS) is 12.8. The summed E-state index contributed by atoms with van der Waals surface area (Å²) >= 11 is 7.10. The minimum Gasteiger partial charge on any atom is -0.492 e. The highest BCUT2D eigenvalue weighted by atomic mass is 79.9. The minimum atomic E-state index is 0.508. The lowest BCUT2D eigenvalue weighted by Crippen LogP contribution is -2.30. The molecule has 0 bridgehead atoms. The van der Waals surface area contributed by atoms with Gasteiger partial charge in [-0.1, -0.05) is 13.8 Å². The van der Waals surface area contributed by atoms with Gasteiger partial charge in [-0.15, -0.1) is 0 Å². The van der Waals surface area contributed by atoms with E-state index >= 15 is 0 Å². The Bertz CT molecular complexity index is 370. The zero-order valence-electron chi connectivity index (χ0n) is 11.4. The number of hydrogen-bond acceptors (Lipinski definition) is 2. The predicted molar refractivity (Wildman–Crippen MR) is 84.2 cm³/mol. The second-order valence-corrected chi connectivity index (χ2v) is 6.44. The zero-order chi connectivity index (χ0) is 13.7. The molecule has 1 aromatic carbocycles. The lowest BCUT2D eigenvalue weighted by molar-refractivity contribution is 0.335. The first-order valence-electron chi connectivity index (χ1n) is 6.29. The molecule has 0 spiro atoms. The molecular formula is C14H21Br2NO. The first-order chi connectivity index (χ1) is 8.45. The summed E-state index contributed by atoms with van der Waals surface area (Å²) in [6.07, 6.45) is 0. The van der Waals surface area contributed by atoms with Crippen molar-refractivity contribution < 1.29 is 4.74 Å². The molecule has 1 aromatic rings. The van der Waals surface area contributed by atoms with Gasteiger partial charge in [-0.2, -0.15) is 0 Å². The molecule has 0 aromatic heterocycles. The van der Waals surface area contributed by atoms with Crippen LogP contribution in [0.2, 0.25) is 0 Å². The molecule has 0 aliphatic rings. The van der Waals surface area contributed by atoms with Crippen molar-refractivity contribution in [3.05, 3.63) is 26.6 Å². The summed E-state index contributed by atoms with van der Waals surface area (Å²) in [5.41, 5.74) is 1.24. The molecule has 1 unspecified atom stereocenters. The Morgan fingerprint density at radius 3 is 2.17 bits per heavy atom. The van der Waals surface area contributed by atoms with Crippen molar-refractivity contribution in [2.45, 2.75) is 40.3 Å². The molecule has 102 valence electrons. The SMILES string of the molecule is CCOc1c(Br)cc(CNC(C)C(C)C)cc1Br. The van der Waals surface area contributed by atoms with Crippen LogP contribution in [0, 0.1) is 5.92 Å². The molecule has 1 atom stereocenters. The second kappa shape index (κ2) is 7.51. The molecule has 1 N–H and O–H groups in total. The van der Waals surface area contributed by atoms with Crippen molar-refractivity contribution in [1.29, 1.82) is 0 Å². The molecule has 1 rings (SSSR count). The molecule has 2 nitrogen and oxygen atoms in total. The molecule has 0 aliphatic carbocycles. The number of nitrogens with one attached hydrogen (secondary N) is 1. The molecule has 0 aliphatic heterocycles. The fourth-order valence-corrected chi connectivity index (χ4v) is 3.02. The van der Waals surface area contributed by atoms with E-state index in [1.54, 1.807) is 0 Å². The standard InChI is InChI=1S/C14H21Br2NO/c1-5-18-14-12(15)6-11(7-13(14)16)8-17-10(4)9(2)3/h6-7,9-10,17H,5,8H2,1-4H3. The van der Waals surface area contributed by atoms with Gasteiger partial charge in [0, 0.05) is 12.6 Å². The van der Waals surface area contributed by atoms with Crippen molar-refractivity contribution in [3.63, 3.8) is 0 Å². The van der Waals surface area contributed by atoms with Crippen molar-refractivity contribution in [2.75, 3.05) is 6.61 Å². The van der Waals surface area contributed by atoms with E-state index < -0.39 is 0 Å². The van der Waals surface area contributed by atoms with Crippen LogP contribution in [-0.4, -0.2) is 12.6 Å². The van der Waals surface area contributed by atoms with Gasteiger partial charge in [-0.05, 0) is 69.3 Å². The van der Waals surface area contributed by atoms with Gasteiger partial charge >= 0.3 is 0 Å². The summed E-state index contributed by atoms with van der Waals surface area (Å²) in [5, 5.41) is 3.52. The van der Waals surface area contributed by atoms with Crippen molar-refractivity contribution in [2.24, 2.45) is 5.92 Å². The van der Waals surface area contributed by atoms with Crippen molar-refractivity contribution >= 4 is 31.9 Å². The molecule has 0 radical (unpaired) electrons. The maximum absolute atomic E-state index is 5.57. The lowest BCUT2D eigenvalue weighted by Gasteiger charge is -2.18. The minimum absolute atomic E-state index is 0.508. The second-order valence-electron chi connectivity index (χ2n) is 4.74. The molecule has 4 heteroatoms. The summed E-state index contributed by atoms with van der Waals surface area (Å²) in [4.78, 5) is 0. The summed E-state index contributed by atoms with van der Waals surface area (Å²) in [7, 11) is 0. The van der Waals surface area contributed by atoms with Crippen LogP contribution in [-0.2, 0) is 6.54 Å². The van der Waals surface area contributed by atoms with Gasteiger partial charge in [0.25, 0.3) is 0 Å². The van der Waals surface area contributed by atoms with E-state index in [-0.39, 0.29) is 0 Å². The van der Waals surface area contributed by atoms with E-state index in [1.807, 2.05) is 6.92 Å². The van der Waals surface area contributed by atoms with Gasteiger partial charge in [-0.25, -0.2) is 0 Å². The van der Waals surface area contributed by atoms with Gasteiger partial charge in [0.15, 0.2) is 0 Å². The third kappa shape index (κ3) is 4.56. The third-order valence-electron chi connectivity index (χ3n) is 2.97. The summed E-state index contributed by atoms with van der Waals surface area (Å²) in [6.45, 7) is 10.2. The Hall–Kier alpha value is -0.0600. The highest BCUT2D eigenvalue weighted by molar-refractivity contribution is 9.11. The number of benzene rings is 1. The van der Waals surface area contributed by atoms with E-state index in [2.05, 4.69) is 70.1 Å². The Morgan fingerprint density at radius 2 is 1.72 bits per heavy atom. The van der Waals surface area contributed by atoms with Crippen LogP contribution in [0.5, 0.6) is 5.75 Å². The Morgan fingerprint density at radius 1 is 1.17 bits per heavy atom. The summed E-state index contributed by atoms with van der Waals surface area (Å²) in [6, 6.07) is 4.72. The smallest absolute Gasteiger partial charge is 0.147 e. The molecule has 0 amide bonds. The molecule has 0 saturated carbocycles. The van der Waals surface area contributed by atoms with E-state index in [4.69, 9.17) is 4.74 Å². The Balaban J connectivity index is 2.74. The van der Waals surface area contributed by atoms with Gasteiger partial charge in [0.1, 0.15) is 5.75 Å². The van der Waals surface area contributed by atoms with Crippen LogP contribution in [0.15, 0.2) is 21.1 Å². The van der Waals surface area contributed by atoms with Crippen LogP contribution < -0.4 is 10.1 Å². The maximum atomic E-state index is 5.57. The van der Waals surface area contributed by atoms with Crippen LogP contribution in [0.3, 0.4) is 0 Å². The average Bonchev–Trinajstić information content (AvgIpc) is 2.30. The van der Waals surface area contributed by atoms with Crippen LogP contribution >= 0.6 is 31.9 Å². The molecular weight excluding hydrogens is 358 g/mol. The first-order valence-corrected chi connectivity index (χ1v) is 7.88. The first kappa shape index (κ1) is 16.0. The van der Waals surface area contributed by atoms with Crippen LogP contribution in [0.25, 0.3) is 0 Å². The van der Waals surface area contributed by atoms with Crippen LogP contribution in [0.1, 0.15) is 33.3 Å². The van der Waals surface area contributed by atoms with Gasteiger partial charge in [0.05, 0.1) is 15.6 Å². The summed E-state index contributed by atoms with van der Waals surface area (Å²) in [5.74, 6) is 1.51. The van der Waals surface area contributed by atoms with Gasteiger partial charge in [0.2, 0.25) is 0 Å². The van der Waals surface area contributed by atoms with Crippen LogP contribution in [0.4, 0.5) is 0 Å². The van der Waals surface area contributed by atoms with E-state index in [1.165, 1.54) is 5.56 Å². The van der Waals surface area contributed by atoms with E-state index in [0.717, 1.165) is 21.2 Å². The zero-order valence-corrected chi connectivity index (χ0v) is 14.6. The molecule has 0 heterocycles. The largest absolute Gasteiger partial charge is 0.492 e. The monoisotopic (exact) mass is 377 g/mol. The predicted octanol–water partition coefficient (Wildman–Crippen LogP) is 4.74. The Kier molecular flexibility index (Phi) is 6.67. The van der Waals surface area contributed by atoms with Crippen molar-refractivity contribution in [3.8, 4) is 5.75 Å². The highest BCUT2D eigenvalue weighted by Crippen LogP contribution is 2.34. The van der Waals surface area contributed by atoms with Crippen molar-refractivity contribution in [1.82, 2.24) is 5.32 Å². The molecule has 0 fully saturated rings. The number of hydrogen-bond donors (Lipinski definition) is 1. The number of ether oxygens (including phenoxy) is 1. The highest BCUT2D eigenvalue weighted by Gasteiger charge is 2.10. The lowest BCUT2D eigenvalue weighted by atomic mass is 10.1. The van der Waals surface area contributed by atoms with E-state index in [0.29, 0.717) is 18.6 Å². The van der Waals surface area contributed by atoms with E-state index in [9.17, 15) is 0 Å². The Labute approximate surface area is 127 Å².